The van der Waals surface area contributed by atoms with Crippen molar-refractivity contribution >= 4 is 17.5 Å². The molecule has 0 heterocycles. The van der Waals surface area contributed by atoms with Gasteiger partial charge in [0, 0.05) is 0 Å². The quantitative estimate of drug-likeness (QED) is 0.594. The van der Waals surface area contributed by atoms with Gasteiger partial charge in [-0.25, -0.2) is 0 Å². The summed E-state index contributed by atoms with van der Waals surface area (Å²) in [5.74, 6) is 0.0443. The van der Waals surface area contributed by atoms with Crippen LogP contribution in [0.5, 0.6) is 5.75 Å². The predicted octanol–water partition coefficient (Wildman–Crippen LogP) is 2.84. The maximum absolute atomic E-state index is 12.0. The number of rotatable bonds is 9. The lowest BCUT2D eigenvalue weighted by molar-refractivity contribution is -0.127. The molecule has 2 amide bonds. The fraction of sp³-hybridized carbons (Fsp3) is 0.333. The van der Waals surface area contributed by atoms with E-state index in [1.54, 1.807) is 13.2 Å². The van der Waals surface area contributed by atoms with Gasteiger partial charge in [0.25, 0.3) is 5.91 Å². The van der Waals surface area contributed by atoms with Gasteiger partial charge in [-0.2, -0.15) is 0 Å². The molecule has 0 aromatic heterocycles. The monoisotopic (exact) mass is 369 g/mol. The van der Waals surface area contributed by atoms with Crippen LogP contribution in [0.1, 0.15) is 30.9 Å². The second kappa shape index (κ2) is 10.9. The molecule has 0 unspecified atom stereocenters. The fourth-order valence-corrected chi connectivity index (χ4v) is 2.58. The summed E-state index contributed by atoms with van der Waals surface area (Å²) in [5, 5.41) is 2.97. The maximum atomic E-state index is 12.0. The Labute approximate surface area is 160 Å². The largest absolute Gasteiger partial charge is 0.495 e. The zero-order valence-electron chi connectivity index (χ0n) is 15.9. The molecule has 0 radical (unpaired) electrons. The Morgan fingerprint density at radius 3 is 2.30 bits per heavy atom. The number of ether oxygens (including phenoxy) is 1. The number of nitrogens with one attached hydrogen (secondary N) is 3. The summed E-state index contributed by atoms with van der Waals surface area (Å²) in [6.07, 6.45) is 3.59. The highest BCUT2D eigenvalue weighted by molar-refractivity contribution is 5.85. The minimum Gasteiger partial charge on any atom is -0.495 e. The van der Waals surface area contributed by atoms with Gasteiger partial charge in [0.2, 0.25) is 5.91 Å². The lowest BCUT2D eigenvalue weighted by atomic mass is 10.0. The predicted molar refractivity (Wildman–Crippen MR) is 107 cm³/mol. The van der Waals surface area contributed by atoms with Crippen LogP contribution in [-0.2, 0) is 22.4 Å². The molecular weight excluding hydrogens is 342 g/mol. The van der Waals surface area contributed by atoms with Crippen molar-refractivity contribution in [3.8, 4) is 5.75 Å². The van der Waals surface area contributed by atoms with E-state index in [9.17, 15) is 9.59 Å². The van der Waals surface area contributed by atoms with Crippen LogP contribution in [0.3, 0.4) is 0 Å². The number of para-hydroxylation sites is 2. The summed E-state index contributed by atoms with van der Waals surface area (Å²) in [7, 11) is 1.57. The zero-order valence-corrected chi connectivity index (χ0v) is 15.9. The fourth-order valence-electron chi connectivity index (χ4n) is 2.58. The molecule has 27 heavy (non-hydrogen) atoms. The minimum atomic E-state index is -0.343. The minimum absolute atomic E-state index is 0.0206. The maximum Gasteiger partial charge on any atom is 0.257 e. The van der Waals surface area contributed by atoms with Crippen LogP contribution < -0.4 is 20.9 Å². The third kappa shape index (κ3) is 7.01. The number of hydrazine groups is 1. The van der Waals surface area contributed by atoms with Gasteiger partial charge >= 0.3 is 0 Å². The summed E-state index contributed by atoms with van der Waals surface area (Å²) < 4.78 is 5.21. The lowest BCUT2D eigenvalue weighted by Crippen LogP contribution is -2.44. The van der Waals surface area contributed by atoms with Crippen LogP contribution in [0.15, 0.2) is 48.5 Å². The smallest absolute Gasteiger partial charge is 0.257 e. The molecule has 2 aromatic carbocycles. The van der Waals surface area contributed by atoms with Crippen LogP contribution in [0.4, 0.5) is 5.69 Å². The van der Waals surface area contributed by atoms with Crippen molar-refractivity contribution in [2.45, 2.75) is 32.6 Å². The molecule has 0 aliphatic heterocycles. The van der Waals surface area contributed by atoms with Gasteiger partial charge in [0.05, 0.1) is 25.8 Å². The van der Waals surface area contributed by atoms with Crippen molar-refractivity contribution in [1.29, 1.82) is 0 Å². The second-order valence-electron chi connectivity index (χ2n) is 6.25. The van der Waals surface area contributed by atoms with Crippen molar-refractivity contribution in [2.24, 2.45) is 0 Å². The summed E-state index contributed by atoms with van der Waals surface area (Å²) in [4.78, 5) is 23.9. The average molecular weight is 369 g/mol. The van der Waals surface area contributed by atoms with Gasteiger partial charge in [0.15, 0.2) is 0 Å². The number of methoxy groups -OCH3 is 1. The summed E-state index contributed by atoms with van der Waals surface area (Å²) in [6, 6.07) is 15.3. The van der Waals surface area contributed by atoms with E-state index >= 15 is 0 Å². The molecule has 0 spiro atoms. The molecule has 0 aliphatic carbocycles. The molecule has 6 heteroatoms. The van der Waals surface area contributed by atoms with Crippen LogP contribution >= 0.6 is 0 Å². The molecule has 0 atom stereocenters. The molecular formula is C21H27N3O3. The Balaban J connectivity index is 1.72. The van der Waals surface area contributed by atoms with Crippen LogP contribution in [0.25, 0.3) is 0 Å². The Morgan fingerprint density at radius 2 is 1.59 bits per heavy atom. The molecule has 0 saturated heterocycles. The highest BCUT2D eigenvalue weighted by atomic mass is 16.5. The first-order valence-electron chi connectivity index (χ1n) is 9.14. The lowest BCUT2D eigenvalue weighted by Gasteiger charge is -2.11. The van der Waals surface area contributed by atoms with Crippen molar-refractivity contribution in [2.75, 3.05) is 19.0 Å². The number of benzene rings is 2. The van der Waals surface area contributed by atoms with Gasteiger partial charge in [-0.1, -0.05) is 49.7 Å². The van der Waals surface area contributed by atoms with E-state index in [2.05, 4.69) is 23.1 Å². The van der Waals surface area contributed by atoms with Gasteiger partial charge in [-0.05, 0) is 36.1 Å². The van der Waals surface area contributed by atoms with E-state index < -0.39 is 0 Å². The van der Waals surface area contributed by atoms with E-state index in [4.69, 9.17) is 4.74 Å². The number of hydrogen-bond donors (Lipinski definition) is 3. The third-order valence-electron chi connectivity index (χ3n) is 4.09. The second-order valence-corrected chi connectivity index (χ2v) is 6.25. The third-order valence-corrected chi connectivity index (χ3v) is 4.09. The Kier molecular flexibility index (Phi) is 8.16. The van der Waals surface area contributed by atoms with Crippen LogP contribution in [0.2, 0.25) is 0 Å². The Morgan fingerprint density at radius 1 is 0.926 bits per heavy atom. The van der Waals surface area contributed by atoms with E-state index in [-0.39, 0.29) is 24.8 Å². The van der Waals surface area contributed by atoms with Crippen molar-refractivity contribution in [1.82, 2.24) is 10.9 Å². The number of aryl methyl sites for hydroxylation is 1. The SMILES string of the molecule is CCCCc1ccc(CC(=O)NNC(=O)CNc2ccccc2OC)cc1. The van der Waals surface area contributed by atoms with Gasteiger partial charge < -0.3 is 10.1 Å². The first-order valence-corrected chi connectivity index (χ1v) is 9.14. The normalized spacial score (nSPS) is 10.1. The van der Waals surface area contributed by atoms with Crippen molar-refractivity contribution < 1.29 is 14.3 Å². The average Bonchev–Trinajstić information content (AvgIpc) is 2.70. The zero-order chi connectivity index (χ0) is 19.5. The topological polar surface area (TPSA) is 79.5 Å². The van der Waals surface area contributed by atoms with Crippen LogP contribution in [0, 0.1) is 0 Å². The van der Waals surface area contributed by atoms with Crippen molar-refractivity contribution in [3.63, 3.8) is 0 Å². The molecule has 2 rings (SSSR count). The highest BCUT2D eigenvalue weighted by Crippen LogP contribution is 2.22. The molecule has 144 valence electrons. The van der Waals surface area contributed by atoms with Crippen LogP contribution in [-0.4, -0.2) is 25.5 Å². The molecule has 3 N–H and O–H groups in total. The van der Waals surface area contributed by atoms with Crippen molar-refractivity contribution in [3.05, 3.63) is 59.7 Å². The van der Waals surface area contributed by atoms with E-state index in [0.29, 0.717) is 11.4 Å². The van der Waals surface area contributed by atoms with Gasteiger partial charge in [-0.3, -0.25) is 20.4 Å². The molecule has 0 fully saturated rings. The number of unbranched alkanes of at least 4 members (excludes halogenated alkanes) is 1. The number of carbonyl (C=O) groups is 2. The number of carbonyl (C=O) groups excluding carboxylic acids is 2. The number of hydrogen-bond acceptors (Lipinski definition) is 4. The first-order chi connectivity index (χ1) is 13.1. The summed E-state index contributed by atoms with van der Waals surface area (Å²) >= 11 is 0. The Hall–Kier alpha value is -3.02. The standard InChI is InChI=1S/C21H27N3O3/c1-3-4-7-16-10-12-17(13-11-16)14-20(25)23-24-21(26)15-22-18-8-5-6-9-19(18)27-2/h5-6,8-13,22H,3-4,7,14-15H2,1-2H3,(H,23,25)(H,24,26). The molecule has 0 bridgehead atoms. The number of anilines is 1. The Bertz CT molecular complexity index is 745. The van der Waals surface area contributed by atoms with E-state index in [0.717, 1.165) is 24.8 Å². The summed E-state index contributed by atoms with van der Waals surface area (Å²) in [6.45, 7) is 2.19. The van der Waals surface area contributed by atoms with E-state index in [1.807, 2.05) is 42.5 Å². The first kappa shape index (κ1) is 20.3. The molecule has 0 aliphatic rings. The number of amides is 2. The molecule has 6 nitrogen and oxygen atoms in total. The van der Waals surface area contributed by atoms with Gasteiger partial charge in [-0.15, -0.1) is 0 Å². The molecule has 2 aromatic rings. The summed E-state index contributed by atoms with van der Waals surface area (Å²) in [5.41, 5.74) is 7.74. The van der Waals surface area contributed by atoms with E-state index in [1.165, 1.54) is 5.56 Å². The molecule has 0 saturated carbocycles. The van der Waals surface area contributed by atoms with Gasteiger partial charge in [0.1, 0.15) is 5.75 Å². The highest BCUT2D eigenvalue weighted by Gasteiger charge is 2.07.